The molecule has 0 saturated carbocycles. The van der Waals surface area contributed by atoms with E-state index < -0.39 is 29.6 Å². The zero-order chi connectivity index (χ0) is 33.3. The fourth-order valence-electron chi connectivity index (χ4n) is 7.34. The molecule has 2 saturated heterocycles. The van der Waals surface area contributed by atoms with Gasteiger partial charge in [0.2, 0.25) is 0 Å². The Hall–Kier alpha value is -4.79. The molecule has 3 aliphatic rings. The van der Waals surface area contributed by atoms with Gasteiger partial charge in [-0.15, -0.1) is 21.5 Å². The number of rotatable bonds is 3. The molecule has 11 nitrogen and oxygen atoms in total. The van der Waals surface area contributed by atoms with Crippen molar-refractivity contribution in [2.75, 3.05) is 25.4 Å². The highest BCUT2D eigenvalue weighted by Gasteiger charge is 2.51. The van der Waals surface area contributed by atoms with Crippen molar-refractivity contribution < 1.29 is 23.1 Å². The predicted molar refractivity (Wildman–Crippen MR) is 169 cm³/mol. The molecule has 7 rings (SSSR count). The molecule has 3 aliphatic heterocycles. The molecule has 240 valence electrons. The minimum Gasteiger partial charge on any atom is -0.489 e. The molecule has 0 radical (unpaired) electrons. The van der Waals surface area contributed by atoms with Crippen LogP contribution in [0.25, 0.3) is 21.2 Å². The van der Waals surface area contributed by atoms with Crippen molar-refractivity contribution in [2.45, 2.75) is 44.7 Å². The van der Waals surface area contributed by atoms with Crippen molar-refractivity contribution >= 4 is 50.0 Å². The summed E-state index contributed by atoms with van der Waals surface area (Å²) in [5.41, 5.74) is 5.95. The fraction of sp³-hybridized carbons (Fsp3) is 0.375. The molecule has 0 aliphatic carbocycles. The van der Waals surface area contributed by atoms with E-state index in [1.54, 1.807) is 9.80 Å². The van der Waals surface area contributed by atoms with Gasteiger partial charge < -0.3 is 20.3 Å². The molecular weight excluding hydrogens is 650 g/mol. The van der Waals surface area contributed by atoms with E-state index in [2.05, 4.69) is 16.3 Å². The number of amides is 2. The molecule has 2 aromatic carbocycles. The summed E-state index contributed by atoms with van der Waals surface area (Å²) in [6.45, 7) is 4.48. The highest BCUT2D eigenvalue weighted by molar-refractivity contribution is 7.23. The van der Waals surface area contributed by atoms with E-state index in [4.69, 9.17) is 22.1 Å². The van der Waals surface area contributed by atoms with Crippen molar-refractivity contribution in [3.8, 4) is 29.0 Å². The van der Waals surface area contributed by atoms with Crippen molar-refractivity contribution in [2.24, 2.45) is 11.8 Å². The summed E-state index contributed by atoms with van der Waals surface area (Å²) in [4.78, 5) is 31.1. The van der Waals surface area contributed by atoms with E-state index in [0.29, 0.717) is 18.8 Å². The van der Waals surface area contributed by atoms with Gasteiger partial charge >= 0.3 is 6.03 Å². The molecule has 0 bridgehead atoms. The number of nitrogens with two attached hydrogens (primary N) is 1. The number of ether oxygens (including phenoxy) is 1. The van der Waals surface area contributed by atoms with Gasteiger partial charge in [0.15, 0.2) is 5.75 Å². The number of nitrogens with zero attached hydrogens (tertiary/aromatic N) is 7. The second kappa shape index (κ2) is 11.5. The normalized spacial score (nSPS) is 21.9. The zero-order valence-electron chi connectivity index (χ0n) is 25.2. The quantitative estimate of drug-likeness (QED) is 0.287. The molecule has 2 fully saturated rings. The van der Waals surface area contributed by atoms with Crippen molar-refractivity contribution in [3.63, 3.8) is 0 Å². The van der Waals surface area contributed by atoms with Crippen LogP contribution in [-0.4, -0.2) is 68.3 Å². The molecule has 15 heteroatoms. The monoisotopic (exact) mass is 676 g/mol. The number of likely N-dealkylation sites (tertiary alicyclic amines) is 1. The summed E-state index contributed by atoms with van der Waals surface area (Å²) in [5, 5.41) is 27.5. The number of nitrogen functional groups attached to an aromatic ring is 1. The topological polar surface area (TPSA) is 154 Å². The Labute approximate surface area is 276 Å². The molecule has 4 atom stereocenters. The third-order valence-corrected chi connectivity index (χ3v) is 10.9. The number of fused-ring (bicyclic) bond motifs is 4. The zero-order valence-corrected chi connectivity index (χ0v) is 26.8. The van der Waals surface area contributed by atoms with Crippen LogP contribution >= 0.6 is 22.9 Å². The summed E-state index contributed by atoms with van der Waals surface area (Å²) in [7, 11) is 0. The Morgan fingerprint density at radius 3 is 2.74 bits per heavy atom. The molecule has 2 aromatic heterocycles. The number of hydrogen-bond donors (Lipinski definition) is 1. The van der Waals surface area contributed by atoms with Crippen LogP contribution in [0, 0.1) is 46.1 Å². The van der Waals surface area contributed by atoms with E-state index in [9.17, 15) is 24.5 Å². The van der Waals surface area contributed by atoms with Crippen LogP contribution in [0.5, 0.6) is 5.75 Å². The van der Waals surface area contributed by atoms with Gasteiger partial charge in [0.05, 0.1) is 45.4 Å². The largest absolute Gasteiger partial charge is 0.489 e. The molecule has 4 aromatic rings. The summed E-state index contributed by atoms with van der Waals surface area (Å²) in [6.07, 6.45) is 1.93. The smallest absolute Gasteiger partial charge is 0.331 e. The lowest BCUT2D eigenvalue weighted by Gasteiger charge is -2.41. The van der Waals surface area contributed by atoms with Crippen molar-refractivity contribution in [1.82, 2.24) is 24.6 Å². The van der Waals surface area contributed by atoms with Crippen LogP contribution in [0.3, 0.4) is 0 Å². The van der Waals surface area contributed by atoms with Gasteiger partial charge in [0, 0.05) is 35.9 Å². The highest BCUT2D eigenvalue weighted by atomic mass is 35.5. The minimum atomic E-state index is -0.851. The van der Waals surface area contributed by atoms with Gasteiger partial charge in [0.1, 0.15) is 41.5 Å². The molecule has 5 heterocycles. The first-order chi connectivity index (χ1) is 22.5. The van der Waals surface area contributed by atoms with Crippen LogP contribution < -0.4 is 10.5 Å². The van der Waals surface area contributed by atoms with Gasteiger partial charge in [-0.3, -0.25) is 4.79 Å². The number of halogens is 3. The number of hydrogen-bond acceptors (Lipinski definition) is 9. The third kappa shape index (κ3) is 4.69. The minimum absolute atomic E-state index is 0.00832. The fourth-order valence-corrected chi connectivity index (χ4v) is 8.64. The van der Waals surface area contributed by atoms with Crippen LogP contribution in [0.4, 0.5) is 18.6 Å². The van der Waals surface area contributed by atoms with E-state index >= 15 is 4.39 Å². The second-order valence-corrected chi connectivity index (χ2v) is 13.8. The van der Waals surface area contributed by atoms with Crippen LogP contribution in [0.1, 0.15) is 54.4 Å². The Morgan fingerprint density at radius 2 is 2.02 bits per heavy atom. The number of aromatic nitrogens is 3. The maximum Gasteiger partial charge on any atom is 0.331 e. The predicted octanol–water partition coefficient (Wildman–Crippen LogP) is 5.77. The first-order valence-electron chi connectivity index (χ1n) is 15.0. The van der Waals surface area contributed by atoms with Crippen LogP contribution in [0.15, 0.2) is 24.5 Å². The van der Waals surface area contributed by atoms with Crippen LogP contribution in [-0.2, 0) is 0 Å². The van der Waals surface area contributed by atoms with Crippen molar-refractivity contribution in [3.05, 3.63) is 58.1 Å². The van der Waals surface area contributed by atoms with Gasteiger partial charge in [0.25, 0.3) is 5.91 Å². The van der Waals surface area contributed by atoms with Crippen LogP contribution in [0.2, 0.25) is 5.02 Å². The summed E-state index contributed by atoms with van der Waals surface area (Å²) < 4.78 is 38.4. The molecular formula is C32H27ClF2N8O3S. The molecule has 0 spiro atoms. The maximum absolute atomic E-state index is 16.1. The van der Waals surface area contributed by atoms with Crippen molar-refractivity contribution in [1.29, 1.82) is 10.5 Å². The lowest BCUT2D eigenvalue weighted by molar-refractivity contribution is 0.0371. The van der Waals surface area contributed by atoms with E-state index in [1.807, 2.05) is 19.9 Å². The van der Waals surface area contributed by atoms with E-state index in [1.165, 1.54) is 17.0 Å². The average Bonchev–Trinajstić information content (AvgIpc) is 3.74. The van der Waals surface area contributed by atoms with Gasteiger partial charge in [-0.25, -0.2) is 18.1 Å². The lowest BCUT2D eigenvalue weighted by atomic mass is 9.80. The number of carbonyl (C=O) groups is 2. The molecule has 47 heavy (non-hydrogen) atoms. The lowest BCUT2D eigenvalue weighted by Crippen LogP contribution is -2.52. The molecule has 2 N–H and O–H groups in total. The highest BCUT2D eigenvalue weighted by Crippen LogP contribution is 2.49. The Kier molecular flexibility index (Phi) is 7.53. The average molecular weight is 677 g/mol. The number of anilines is 1. The van der Waals surface area contributed by atoms with Gasteiger partial charge in [-0.1, -0.05) is 31.5 Å². The molecule has 2 amide bonds. The number of carbonyl (C=O) groups excluding carboxylic acids is 2. The molecule has 4 unspecified atom stereocenters. The Morgan fingerprint density at radius 1 is 1.23 bits per heavy atom. The van der Waals surface area contributed by atoms with E-state index in [0.717, 1.165) is 23.5 Å². The van der Waals surface area contributed by atoms with Gasteiger partial charge in [-0.05, 0) is 30.0 Å². The maximum atomic E-state index is 16.1. The summed E-state index contributed by atoms with van der Waals surface area (Å²) in [5.74, 6) is -1.73. The number of piperidine rings is 1. The first kappa shape index (κ1) is 30.8. The third-order valence-electron chi connectivity index (χ3n) is 9.48. The SMILES string of the molecule is CC(C)c1nncn1C(=O)N1CC2CC3COc4c(cc(F)c(-c5ccc(F)c6sc(N)c(C#N)c56)c4Cl)C(=O)N3CC2C1CC#N. The summed E-state index contributed by atoms with van der Waals surface area (Å²) in [6, 6.07) is 6.53. The number of nitriles is 2. The summed E-state index contributed by atoms with van der Waals surface area (Å²) >= 11 is 7.69. The standard InChI is InChI=1S/C32H27ClF2N8O3S/c1-14(2)30-40-39-13-43(30)32(45)42-10-15-7-16-12-46-27-18(31(44)41(16)11-20(15)23(42)5-6-36)8-22(35)25(26(27)33)17-3-4-21(34)28-24(17)19(9-37)29(38)47-28/h3-4,8,13-16,20,23H,5,7,10-12,38H2,1-2H3. The van der Waals surface area contributed by atoms with Gasteiger partial charge in [-0.2, -0.15) is 10.5 Å². The first-order valence-corrected chi connectivity index (χ1v) is 16.2. The number of benzene rings is 2. The number of thiophene rings is 1. The van der Waals surface area contributed by atoms with E-state index in [-0.39, 0.29) is 91.5 Å². The Balaban J connectivity index is 1.24. The Bertz CT molecular complexity index is 2070. The second-order valence-electron chi connectivity index (χ2n) is 12.3.